The molecule has 33 heavy (non-hydrogen) atoms. The van der Waals surface area contributed by atoms with Gasteiger partial charge in [-0.2, -0.15) is 24.9 Å². The molecule has 11 heteroatoms. The molecule has 1 saturated heterocycles. The average molecular weight is 521 g/mol. The van der Waals surface area contributed by atoms with E-state index in [0.717, 1.165) is 23.6 Å². The first kappa shape index (κ1) is 24.2. The van der Waals surface area contributed by atoms with Gasteiger partial charge in [0.25, 0.3) is 11.5 Å². The van der Waals surface area contributed by atoms with Crippen LogP contribution >= 0.6 is 35.0 Å². The lowest BCUT2D eigenvalue weighted by atomic mass is 9.84. The van der Waals surface area contributed by atoms with E-state index >= 15 is 4.39 Å². The summed E-state index contributed by atoms with van der Waals surface area (Å²) < 4.78 is 58.1. The smallest absolute Gasteiger partial charge is 0.371 e. The van der Waals surface area contributed by atoms with Crippen LogP contribution in [0.5, 0.6) is 0 Å². The van der Waals surface area contributed by atoms with Crippen LogP contribution in [0.3, 0.4) is 0 Å². The number of rotatable bonds is 4. The Balaban J connectivity index is 1.66. The minimum absolute atomic E-state index is 0.0706. The van der Waals surface area contributed by atoms with Crippen LogP contribution in [0.1, 0.15) is 34.0 Å². The number of nitrogens with one attached hydrogen (secondary N) is 1. The molecule has 0 aromatic heterocycles. The molecule has 0 radical (unpaired) electrons. The molecular weight excluding hydrogens is 503 g/mol. The lowest BCUT2D eigenvalue weighted by Gasteiger charge is -2.38. The maximum atomic E-state index is 15.6. The van der Waals surface area contributed by atoms with Gasteiger partial charge in [-0.1, -0.05) is 34.4 Å². The Hall–Kier alpha value is -1.97. The van der Waals surface area contributed by atoms with Gasteiger partial charge in [-0.25, -0.2) is 4.39 Å². The summed E-state index contributed by atoms with van der Waals surface area (Å²) in [5.74, 6) is 1.28. The molecule has 0 spiro atoms. The predicted octanol–water partition coefficient (Wildman–Crippen LogP) is 6.07. The van der Waals surface area contributed by atoms with Crippen molar-refractivity contribution in [2.45, 2.75) is 37.3 Å². The predicted molar refractivity (Wildman–Crippen MR) is 121 cm³/mol. The number of alkyl halides is 4. The maximum Gasteiger partial charge on any atom is 0.438 e. The summed E-state index contributed by atoms with van der Waals surface area (Å²) in [6.07, 6.45) is -7.87. The Bertz CT molecular complexity index is 1130. The zero-order valence-corrected chi connectivity index (χ0v) is 19.7. The van der Waals surface area contributed by atoms with Crippen molar-refractivity contribution in [1.29, 1.82) is 0 Å². The molecule has 2 aliphatic rings. The highest BCUT2D eigenvalue weighted by Crippen LogP contribution is 2.51. The van der Waals surface area contributed by atoms with Gasteiger partial charge < -0.3 is 10.2 Å². The minimum atomic E-state index is -5.17. The van der Waals surface area contributed by atoms with E-state index in [0.29, 0.717) is 11.1 Å². The van der Waals surface area contributed by atoms with Crippen molar-refractivity contribution < 1.29 is 27.2 Å². The number of hydrogen-bond donors (Lipinski definition) is 1. The molecule has 2 heterocycles. The fraction of sp³-hybridized carbons (Fsp3) is 0.364. The zero-order valence-electron chi connectivity index (χ0n) is 17.4. The number of nitrogens with zero attached hydrogens (tertiary/aromatic N) is 1. The monoisotopic (exact) mass is 520 g/mol. The van der Waals surface area contributed by atoms with Gasteiger partial charge in [0.15, 0.2) is 0 Å². The molecule has 1 amide bonds. The van der Waals surface area contributed by atoms with Crippen molar-refractivity contribution in [2.24, 2.45) is 5.16 Å². The van der Waals surface area contributed by atoms with E-state index in [4.69, 9.17) is 28.0 Å². The number of carbonyl (C=O) groups excluding carboxylic acids is 1. The molecule has 1 N–H and O–H groups in total. The van der Waals surface area contributed by atoms with Gasteiger partial charge in [0.1, 0.15) is 5.71 Å². The fourth-order valence-corrected chi connectivity index (χ4v) is 5.32. The molecule has 4 nitrogen and oxygen atoms in total. The van der Waals surface area contributed by atoms with Crippen LogP contribution in [-0.4, -0.2) is 41.0 Å². The third-order valence-corrected chi connectivity index (χ3v) is 7.74. The van der Waals surface area contributed by atoms with Crippen LogP contribution in [0.25, 0.3) is 0 Å². The first-order valence-electron chi connectivity index (χ1n) is 9.81. The second kappa shape index (κ2) is 8.36. The van der Waals surface area contributed by atoms with Crippen LogP contribution in [0.15, 0.2) is 41.6 Å². The summed E-state index contributed by atoms with van der Waals surface area (Å²) in [4.78, 5) is 17.4. The molecule has 0 saturated carbocycles. The summed E-state index contributed by atoms with van der Waals surface area (Å²) >= 11 is 13.4. The van der Waals surface area contributed by atoms with Crippen molar-refractivity contribution >= 4 is 46.6 Å². The third kappa shape index (κ3) is 4.19. The van der Waals surface area contributed by atoms with Crippen molar-refractivity contribution in [3.05, 3.63) is 68.7 Å². The molecule has 4 rings (SSSR count). The van der Waals surface area contributed by atoms with Crippen molar-refractivity contribution in [3.8, 4) is 0 Å². The number of amides is 1. The van der Waals surface area contributed by atoms with E-state index < -0.39 is 29.2 Å². The van der Waals surface area contributed by atoms with E-state index in [1.54, 1.807) is 18.7 Å². The number of carbonyl (C=O) groups is 1. The molecule has 2 atom stereocenters. The SMILES string of the molecule is Cc1cc(C2=NOC(c3cc(Cl)cc(Cl)c3)(C(F)(F)F)C2F)ccc1C(=O)NC1(C)CSC1. The summed E-state index contributed by atoms with van der Waals surface area (Å²) in [7, 11) is 0. The van der Waals surface area contributed by atoms with E-state index in [9.17, 15) is 18.0 Å². The van der Waals surface area contributed by atoms with E-state index in [2.05, 4.69) is 10.5 Å². The largest absolute Gasteiger partial charge is 0.438 e. The van der Waals surface area contributed by atoms with Crippen LogP contribution in [-0.2, 0) is 10.4 Å². The van der Waals surface area contributed by atoms with Gasteiger partial charge in [-0.05, 0) is 49.7 Å². The fourth-order valence-electron chi connectivity index (χ4n) is 3.83. The van der Waals surface area contributed by atoms with Gasteiger partial charge >= 0.3 is 6.18 Å². The first-order valence-corrected chi connectivity index (χ1v) is 11.7. The number of halogens is 6. The number of aryl methyl sites for hydroxylation is 1. The van der Waals surface area contributed by atoms with Gasteiger partial charge in [0.2, 0.25) is 6.17 Å². The Labute approximate surface area is 201 Å². The number of oxime groups is 1. The molecule has 2 aromatic rings. The van der Waals surface area contributed by atoms with Crippen LogP contribution in [0, 0.1) is 6.92 Å². The Morgan fingerprint density at radius 2 is 1.82 bits per heavy atom. The molecule has 0 aliphatic carbocycles. The lowest BCUT2D eigenvalue weighted by Crippen LogP contribution is -2.55. The molecular formula is C22H18Cl2F4N2O2S. The molecule has 2 unspecified atom stereocenters. The van der Waals surface area contributed by atoms with Crippen molar-refractivity contribution in [1.82, 2.24) is 5.32 Å². The number of thioether (sulfide) groups is 1. The van der Waals surface area contributed by atoms with Crippen molar-refractivity contribution in [2.75, 3.05) is 11.5 Å². The van der Waals surface area contributed by atoms with E-state index in [1.165, 1.54) is 24.3 Å². The quantitative estimate of drug-likeness (QED) is 0.498. The second-order valence-electron chi connectivity index (χ2n) is 8.36. The van der Waals surface area contributed by atoms with E-state index in [1.807, 2.05) is 6.92 Å². The van der Waals surface area contributed by atoms with Crippen molar-refractivity contribution in [3.63, 3.8) is 0 Å². The van der Waals surface area contributed by atoms with Crippen LogP contribution < -0.4 is 5.32 Å². The normalized spacial score (nSPS) is 24.0. The standard InChI is InChI=1S/C22H18Cl2F4N2O2S/c1-11-5-12(3-4-16(11)19(31)29-20(2)9-33-10-20)17-18(25)21(32-30-17,22(26,27)28)13-6-14(23)8-15(24)7-13/h3-8,18H,9-10H2,1-2H3,(H,29,31). The number of hydrogen-bond acceptors (Lipinski definition) is 4. The van der Waals surface area contributed by atoms with Gasteiger partial charge in [-0.3, -0.25) is 4.79 Å². The van der Waals surface area contributed by atoms with Gasteiger partial charge in [0, 0.05) is 38.2 Å². The van der Waals surface area contributed by atoms with Crippen LogP contribution in [0.4, 0.5) is 17.6 Å². The molecule has 2 aliphatic heterocycles. The van der Waals surface area contributed by atoms with Crippen LogP contribution in [0.2, 0.25) is 10.0 Å². The Morgan fingerprint density at radius 3 is 2.33 bits per heavy atom. The summed E-state index contributed by atoms with van der Waals surface area (Å²) in [5, 5.41) is 6.22. The maximum absolute atomic E-state index is 15.6. The topological polar surface area (TPSA) is 50.7 Å². The molecule has 2 aromatic carbocycles. The molecule has 1 fully saturated rings. The minimum Gasteiger partial charge on any atom is -0.371 e. The lowest BCUT2D eigenvalue weighted by molar-refractivity contribution is -0.289. The van der Waals surface area contributed by atoms with Gasteiger partial charge in [0.05, 0.1) is 5.54 Å². The third-order valence-electron chi connectivity index (χ3n) is 5.62. The first-order chi connectivity index (χ1) is 15.4. The van der Waals surface area contributed by atoms with Gasteiger partial charge in [-0.15, -0.1) is 0 Å². The zero-order chi connectivity index (χ0) is 24.2. The van der Waals surface area contributed by atoms with E-state index in [-0.39, 0.29) is 27.1 Å². The average Bonchev–Trinajstić information content (AvgIpc) is 3.04. The highest BCUT2D eigenvalue weighted by molar-refractivity contribution is 8.00. The highest BCUT2D eigenvalue weighted by Gasteiger charge is 2.69. The second-order valence-corrected chi connectivity index (χ2v) is 10.2. The highest BCUT2D eigenvalue weighted by atomic mass is 35.5. The summed E-state index contributed by atoms with van der Waals surface area (Å²) in [6.45, 7) is 3.55. The summed E-state index contributed by atoms with van der Waals surface area (Å²) in [6, 6.07) is 7.34. The summed E-state index contributed by atoms with van der Waals surface area (Å²) in [5.41, 5.74) is -3.97. The number of benzene rings is 2. The Kier molecular flexibility index (Phi) is 6.12. The Morgan fingerprint density at radius 1 is 1.18 bits per heavy atom. The molecule has 176 valence electrons. The molecule has 0 bridgehead atoms.